The lowest BCUT2D eigenvalue weighted by molar-refractivity contribution is 0.0837. The Morgan fingerprint density at radius 1 is 1.11 bits per heavy atom. The lowest BCUT2D eigenvalue weighted by atomic mass is 9.84. The van der Waals surface area contributed by atoms with Crippen molar-refractivity contribution in [2.75, 3.05) is 33.4 Å². The molecule has 18 heavy (non-hydrogen) atoms. The molecule has 0 aromatic rings. The lowest BCUT2D eigenvalue weighted by Crippen LogP contribution is -2.45. The zero-order chi connectivity index (χ0) is 12.5. The number of hydrogen-bond acceptors (Lipinski definition) is 3. The number of ether oxygens (including phenoxy) is 1. The zero-order valence-electron chi connectivity index (χ0n) is 11.7. The van der Waals surface area contributed by atoms with E-state index in [2.05, 4.69) is 4.90 Å². The van der Waals surface area contributed by atoms with Crippen molar-refractivity contribution in [3.8, 4) is 0 Å². The van der Waals surface area contributed by atoms with Crippen LogP contribution in [0.25, 0.3) is 0 Å². The second kappa shape index (κ2) is 5.48. The largest absolute Gasteiger partial charge is 0.384 e. The number of fused-ring (bicyclic) bond motifs is 2. The molecular formula is C15H28N2O. The van der Waals surface area contributed by atoms with Gasteiger partial charge < -0.3 is 15.4 Å². The van der Waals surface area contributed by atoms with Crippen LogP contribution in [0.2, 0.25) is 0 Å². The molecule has 3 heteroatoms. The van der Waals surface area contributed by atoms with Crippen LogP contribution in [0.3, 0.4) is 0 Å². The van der Waals surface area contributed by atoms with E-state index in [1.54, 1.807) is 0 Å². The number of hydrogen-bond donors (Lipinski definition) is 1. The molecular weight excluding hydrogens is 224 g/mol. The Bertz CT molecular complexity index is 274. The van der Waals surface area contributed by atoms with E-state index in [0.717, 1.165) is 30.3 Å². The van der Waals surface area contributed by atoms with Gasteiger partial charge in [0.25, 0.3) is 0 Å². The van der Waals surface area contributed by atoms with Gasteiger partial charge >= 0.3 is 0 Å². The van der Waals surface area contributed by atoms with E-state index in [-0.39, 0.29) is 0 Å². The van der Waals surface area contributed by atoms with E-state index in [4.69, 9.17) is 10.5 Å². The van der Waals surface area contributed by atoms with Gasteiger partial charge in [-0.3, -0.25) is 0 Å². The first kappa shape index (κ1) is 12.9. The summed E-state index contributed by atoms with van der Waals surface area (Å²) >= 11 is 0. The van der Waals surface area contributed by atoms with E-state index < -0.39 is 0 Å². The second-order valence-electron chi connectivity index (χ2n) is 6.77. The van der Waals surface area contributed by atoms with E-state index >= 15 is 0 Å². The van der Waals surface area contributed by atoms with Crippen LogP contribution in [0.1, 0.15) is 32.1 Å². The highest BCUT2D eigenvalue weighted by atomic mass is 16.5. The minimum Gasteiger partial charge on any atom is -0.384 e. The van der Waals surface area contributed by atoms with Crippen LogP contribution in [-0.2, 0) is 4.74 Å². The molecule has 1 saturated heterocycles. The van der Waals surface area contributed by atoms with Gasteiger partial charge in [-0.25, -0.2) is 0 Å². The molecule has 0 aromatic heterocycles. The van der Waals surface area contributed by atoms with Crippen molar-refractivity contribution in [1.82, 2.24) is 4.90 Å². The smallest absolute Gasteiger partial charge is 0.0491 e. The molecule has 3 nitrogen and oxygen atoms in total. The summed E-state index contributed by atoms with van der Waals surface area (Å²) in [6.07, 6.45) is 6.89. The van der Waals surface area contributed by atoms with Gasteiger partial charge in [-0.2, -0.15) is 0 Å². The molecule has 2 N–H and O–H groups in total. The molecule has 3 fully saturated rings. The lowest BCUT2D eigenvalue weighted by Gasteiger charge is -2.37. The minimum absolute atomic E-state index is 0.500. The maximum Gasteiger partial charge on any atom is 0.0491 e. The number of rotatable bonds is 4. The van der Waals surface area contributed by atoms with Gasteiger partial charge in [0.05, 0.1) is 0 Å². The van der Waals surface area contributed by atoms with Crippen molar-refractivity contribution in [3.05, 3.63) is 0 Å². The molecule has 2 saturated carbocycles. The Morgan fingerprint density at radius 2 is 1.83 bits per heavy atom. The molecule has 4 unspecified atom stereocenters. The Hall–Kier alpha value is -0.120. The number of piperidine rings is 1. The summed E-state index contributed by atoms with van der Waals surface area (Å²) in [5.74, 6) is 3.38. The third-order valence-corrected chi connectivity index (χ3v) is 5.74. The van der Waals surface area contributed by atoms with Crippen LogP contribution in [0.4, 0.5) is 0 Å². The van der Waals surface area contributed by atoms with Crippen LogP contribution in [0, 0.1) is 23.7 Å². The van der Waals surface area contributed by atoms with Crippen molar-refractivity contribution in [1.29, 1.82) is 0 Å². The molecule has 2 bridgehead atoms. The van der Waals surface area contributed by atoms with E-state index in [1.807, 2.05) is 7.11 Å². The molecule has 1 heterocycles. The summed E-state index contributed by atoms with van der Waals surface area (Å²) < 4.78 is 5.27. The van der Waals surface area contributed by atoms with Crippen LogP contribution in [-0.4, -0.2) is 44.3 Å². The summed E-state index contributed by atoms with van der Waals surface area (Å²) in [5.41, 5.74) is 6.41. The van der Waals surface area contributed by atoms with Gasteiger partial charge in [0.2, 0.25) is 0 Å². The molecule has 2 aliphatic carbocycles. The first-order valence-electron chi connectivity index (χ1n) is 7.74. The third kappa shape index (κ3) is 2.45. The van der Waals surface area contributed by atoms with Gasteiger partial charge in [0.1, 0.15) is 0 Å². The predicted molar refractivity (Wildman–Crippen MR) is 73.3 cm³/mol. The van der Waals surface area contributed by atoms with Gasteiger partial charge in [-0.1, -0.05) is 0 Å². The van der Waals surface area contributed by atoms with Crippen molar-refractivity contribution in [3.63, 3.8) is 0 Å². The monoisotopic (exact) mass is 252 g/mol. The molecule has 0 amide bonds. The van der Waals surface area contributed by atoms with Gasteiger partial charge in [-0.15, -0.1) is 0 Å². The van der Waals surface area contributed by atoms with Crippen LogP contribution >= 0.6 is 0 Å². The summed E-state index contributed by atoms with van der Waals surface area (Å²) in [6.45, 7) is 4.73. The molecule has 4 atom stereocenters. The Balaban J connectivity index is 1.47. The normalized spacial score (nSPS) is 41.7. The summed E-state index contributed by atoms with van der Waals surface area (Å²) in [6, 6.07) is 0.500. The number of nitrogens with two attached hydrogens (primary N) is 1. The van der Waals surface area contributed by atoms with E-state index in [9.17, 15) is 0 Å². The van der Waals surface area contributed by atoms with E-state index in [0.29, 0.717) is 6.04 Å². The highest BCUT2D eigenvalue weighted by Gasteiger charge is 2.46. The van der Waals surface area contributed by atoms with Crippen LogP contribution in [0.15, 0.2) is 0 Å². The van der Waals surface area contributed by atoms with Crippen molar-refractivity contribution in [2.45, 2.75) is 38.1 Å². The summed E-state index contributed by atoms with van der Waals surface area (Å²) in [7, 11) is 1.82. The van der Waals surface area contributed by atoms with Gasteiger partial charge in [-0.05, 0) is 68.9 Å². The molecule has 0 aromatic carbocycles. The first-order valence-corrected chi connectivity index (χ1v) is 7.74. The predicted octanol–water partition coefficient (Wildman–Crippen LogP) is 1.72. The fourth-order valence-corrected chi connectivity index (χ4v) is 4.60. The molecule has 3 rings (SSSR count). The fourth-order valence-electron chi connectivity index (χ4n) is 4.60. The quantitative estimate of drug-likeness (QED) is 0.828. The average Bonchev–Trinajstić information content (AvgIpc) is 2.96. The van der Waals surface area contributed by atoms with Crippen LogP contribution < -0.4 is 5.73 Å². The molecule has 0 spiro atoms. The van der Waals surface area contributed by atoms with Gasteiger partial charge in [0.15, 0.2) is 0 Å². The maximum atomic E-state index is 6.41. The Kier molecular flexibility index (Phi) is 3.92. The van der Waals surface area contributed by atoms with Crippen molar-refractivity contribution in [2.24, 2.45) is 29.4 Å². The molecule has 0 radical (unpaired) electrons. The first-order chi connectivity index (χ1) is 8.78. The molecule has 104 valence electrons. The Morgan fingerprint density at radius 3 is 2.44 bits per heavy atom. The molecule has 1 aliphatic heterocycles. The highest BCUT2D eigenvalue weighted by molar-refractivity contribution is 5.00. The van der Waals surface area contributed by atoms with Crippen molar-refractivity contribution < 1.29 is 4.74 Å². The minimum atomic E-state index is 0.500. The number of likely N-dealkylation sites (tertiary alicyclic amines) is 1. The fraction of sp³-hybridized carbons (Fsp3) is 1.00. The standard InChI is InChI=1S/C15H28N2O/c1-18-10-11-4-6-17(7-5-11)9-14-12-2-3-13(8-12)15(14)16/h11-15H,2-10,16H2,1H3. The number of nitrogens with zero attached hydrogens (tertiary/aromatic N) is 1. The van der Waals surface area contributed by atoms with Crippen molar-refractivity contribution >= 4 is 0 Å². The average molecular weight is 252 g/mol. The zero-order valence-corrected chi connectivity index (χ0v) is 11.7. The highest BCUT2D eigenvalue weighted by Crippen LogP contribution is 2.47. The Labute approximate surface area is 111 Å². The van der Waals surface area contributed by atoms with Gasteiger partial charge in [0, 0.05) is 26.3 Å². The number of methoxy groups -OCH3 is 1. The van der Waals surface area contributed by atoms with Crippen LogP contribution in [0.5, 0.6) is 0 Å². The third-order valence-electron chi connectivity index (χ3n) is 5.74. The summed E-state index contributed by atoms with van der Waals surface area (Å²) in [4.78, 5) is 2.66. The SMILES string of the molecule is COCC1CCN(CC2C3CCC(C3)C2N)CC1. The summed E-state index contributed by atoms with van der Waals surface area (Å²) in [5, 5.41) is 0. The maximum absolute atomic E-state index is 6.41. The topological polar surface area (TPSA) is 38.5 Å². The molecule has 3 aliphatic rings. The second-order valence-corrected chi connectivity index (χ2v) is 6.77. The van der Waals surface area contributed by atoms with E-state index in [1.165, 1.54) is 51.7 Å².